The third kappa shape index (κ3) is 3.21. The van der Waals surface area contributed by atoms with Crippen LogP contribution in [0, 0.1) is 13.8 Å². The lowest BCUT2D eigenvalue weighted by atomic mass is 10.0. The molecule has 2 rings (SSSR count). The first-order valence-electron chi connectivity index (χ1n) is 6.23. The van der Waals surface area contributed by atoms with Gasteiger partial charge in [-0.25, -0.2) is 0 Å². The molecular weight excluding hydrogens is 234 g/mol. The minimum absolute atomic E-state index is 0.862. The van der Waals surface area contributed by atoms with E-state index in [1.165, 1.54) is 16.7 Å². The van der Waals surface area contributed by atoms with Crippen LogP contribution in [0.1, 0.15) is 16.7 Å². The number of ether oxygens (including phenoxy) is 1. The Balaban J connectivity index is 2.00. The Bertz CT molecular complexity index is 386. The SMILES string of the molecule is Cc1ccc(Cl)c(CCN2CCOCC2)c1C. The number of aryl methyl sites for hydroxylation is 1. The molecule has 0 unspecified atom stereocenters. The van der Waals surface area contributed by atoms with Gasteiger partial charge in [-0.05, 0) is 43.0 Å². The van der Waals surface area contributed by atoms with E-state index in [1.54, 1.807) is 0 Å². The van der Waals surface area contributed by atoms with Crippen LogP contribution in [-0.2, 0) is 11.2 Å². The van der Waals surface area contributed by atoms with Crippen molar-refractivity contribution < 1.29 is 4.74 Å². The fourth-order valence-electron chi connectivity index (χ4n) is 2.24. The van der Waals surface area contributed by atoms with E-state index in [0.717, 1.165) is 44.3 Å². The second kappa shape index (κ2) is 5.85. The van der Waals surface area contributed by atoms with Gasteiger partial charge in [-0.1, -0.05) is 17.7 Å². The van der Waals surface area contributed by atoms with Crippen LogP contribution in [-0.4, -0.2) is 37.7 Å². The molecule has 0 radical (unpaired) electrons. The standard InChI is InChI=1S/C14H20ClNO/c1-11-3-4-14(15)13(12(11)2)5-6-16-7-9-17-10-8-16/h3-4H,5-10H2,1-2H3. The first-order valence-corrected chi connectivity index (χ1v) is 6.61. The molecule has 3 heteroatoms. The normalized spacial score (nSPS) is 17.4. The lowest BCUT2D eigenvalue weighted by molar-refractivity contribution is 0.0384. The number of hydrogen-bond donors (Lipinski definition) is 0. The zero-order valence-corrected chi connectivity index (χ0v) is 11.4. The molecule has 1 aliphatic rings. The van der Waals surface area contributed by atoms with E-state index in [9.17, 15) is 0 Å². The van der Waals surface area contributed by atoms with Crippen LogP contribution in [0.5, 0.6) is 0 Å². The van der Waals surface area contributed by atoms with Crippen molar-refractivity contribution in [2.24, 2.45) is 0 Å². The van der Waals surface area contributed by atoms with Gasteiger partial charge in [-0.3, -0.25) is 4.90 Å². The number of benzene rings is 1. The van der Waals surface area contributed by atoms with Crippen LogP contribution < -0.4 is 0 Å². The van der Waals surface area contributed by atoms with Crippen LogP contribution in [0.4, 0.5) is 0 Å². The highest BCUT2D eigenvalue weighted by Crippen LogP contribution is 2.23. The van der Waals surface area contributed by atoms with Gasteiger partial charge in [0.15, 0.2) is 0 Å². The quantitative estimate of drug-likeness (QED) is 0.822. The molecule has 17 heavy (non-hydrogen) atoms. The van der Waals surface area contributed by atoms with Crippen molar-refractivity contribution in [3.05, 3.63) is 33.8 Å². The molecule has 0 bridgehead atoms. The summed E-state index contributed by atoms with van der Waals surface area (Å²) in [6.07, 6.45) is 1.03. The average Bonchev–Trinajstić information content (AvgIpc) is 2.35. The first-order chi connectivity index (χ1) is 8.18. The summed E-state index contributed by atoms with van der Waals surface area (Å²) in [7, 11) is 0. The van der Waals surface area contributed by atoms with E-state index in [2.05, 4.69) is 24.8 Å². The fraction of sp³-hybridized carbons (Fsp3) is 0.571. The van der Waals surface area contributed by atoms with Gasteiger partial charge in [-0.15, -0.1) is 0 Å². The second-order valence-electron chi connectivity index (χ2n) is 4.67. The van der Waals surface area contributed by atoms with Crippen molar-refractivity contribution in [3.8, 4) is 0 Å². The van der Waals surface area contributed by atoms with Gasteiger partial charge in [0.1, 0.15) is 0 Å². The summed E-state index contributed by atoms with van der Waals surface area (Å²) in [6.45, 7) is 9.19. The van der Waals surface area contributed by atoms with Gasteiger partial charge < -0.3 is 4.74 Å². The predicted molar refractivity (Wildman–Crippen MR) is 71.9 cm³/mol. The molecule has 0 amide bonds. The van der Waals surface area contributed by atoms with Gasteiger partial charge in [0, 0.05) is 24.7 Å². The summed E-state index contributed by atoms with van der Waals surface area (Å²) in [5, 5.41) is 0.904. The number of hydrogen-bond acceptors (Lipinski definition) is 2. The number of nitrogens with zero attached hydrogens (tertiary/aromatic N) is 1. The third-order valence-electron chi connectivity index (χ3n) is 3.59. The van der Waals surface area contributed by atoms with Gasteiger partial charge >= 0.3 is 0 Å². The van der Waals surface area contributed by atoms with Crippen molar-refractivity contribution >= 4 is 11.6 Å². The van der Waals surface area contributed by atoms with E-state index < -0.39 is 0 Å². The number of rotatable bonds is 3. The van der Waals surface area contributed by atoms with Crippen molar-refractivity contribution in [1.82, 2.24) is 4.90 Å². The Kier molecular flexibility index (Phi) is 4.43. The Hall–Kier alpha value is -0.570. The van der Waals surface area contributed by atoms with Gasteiger partial charge in [0.25, 0.3) is 0 Å². The Morgan fingerprint density at radius 2 is 1.94 bits per heavy atom. The van der Waals surface area contributed by atoms with Gasteiger partial charge in [-0.2, -0.15) is 0 Å². The molecule has 94 valence electrons. The smallest absolute Gasteiger partial charge is 0.0594 e. The topological polar surface area (TPSA) is 12.5 Å². The molecule has 1 heterocycles. The zero-order chi connectivity index (χ0) is 12.3. The highest BCUT2D eigenvalue weighted by atomic mass is 35.5. The molecule has 0 saturated carbocycles. The van der Waals surface area contributed by atoms with Crippen molar-refractivity contribution in [1.29, 1.82) is 0 Å². The van der Waals surface area contributed by atoms with Crippen LogP contribution in [0.15, 0.2) is 12.1 Å². The third-order valence-corrected chi connectivity index (χ3v) is 3.95. The maximum Gasteiger partial charge on any atom is 0.0594 e. The summed E-state index contributed by atoms with van der Waals surface area (Å²) in [6, 6.07) is 4.11. The zero-order valence-electron chi connectivity index (χ0n) is 10.6. The van der Waals surface area contributed by atoms with E-state index in [1.807, 2.05) is 6.07 Å². The maximum absolute atomic E-state index is 6.28. The van der Waals surface area contributed by atoms with Crippen LogP contribution in [0.3, 0.4) is 0 Å². The monoisotopic (exact) mass is 253 g/mol. The lowest BCUT2D eigenvalue weighted by Gasteiger charge is -2.27. The Morgan fingerprint density at radius 1 is 1.24 bits per heavy atom. The van der Waals surface area contributed by atoms with E-state index in [4.69, 9.17) is 16.3 Å². The highest BCUT2D eigenvalue weighted by molar-refractivity contribution is 6.31. The van der Waals surface area contributed by atoms with Gasteiger partial charge in [0.05, 0.1) is 13.2 Å². The number of halogens is 1. The second-order valence-corrected chi connectivity index (χ2v) is 5.08. The molecule has 1 aromatic rings. The Labute approximate surface area is 109 Å². The van der Waals surface area contributed by atoms with Crippen LogP contribution in [0.2, 0.25) is 5.02 Å². The minimum Gasteiger partial charge on any atom is -0.379 e. The van der Waals surface area contributed by atoms with E-state index in [0.29, 0.717) is 0 Å². The molecule has 0 N–H and O–H groups in total. The molecule has 0 spiro atoms. The van der Waals surface area contributed by atoms with Crippen molar-refractivity contribution in [2.75, 3.05) is 32.8 Å². The van der Waals surface area contributed by atoms with Crippen LogP contribution in [0.25, 0.3) is 0 Å². The minimum atomic E-state index is 0.862. The van der Waals surface area contributed by atoms with Crippen LogP contribution >= 0.6 is 11.6 Å². The predicted octanol–water partition coefficient (Wildman–Crippen LogP) is 2.83. The summed E-state index contributed by atoms with van der Waals surface area (Å²) in [5.41, 5.74) is 3.97. The summed E-state index contributed by atoms with van der Waals surface area (Å²) >= 11 is 6.28. The molecule has 0 atom stereocenters. The summed E-state index contributed by atoms with van der Waals surface area (Å²) < 4.78 is 5.35. The highest BCUT2D eigenvalue weighted by Gasteiger charge is 2.12. The molecule has 0 aliphatic carbocycles. The van der Waals surface area contributed by atoms with Crippen molar-refractivity contribution in [2.45, 2.75) is 20.3 Å². The molecule has 1 aliphatic heterocycles. The molecule has 1 aromatic carbocycles. The molecular formula is C14H20ClNO. The summed E-state index contributed by atoms with van der Waals surface area (Å²) in [4.78, 5) is 2.45. The van der Waals surface area contributed by atoms with E-state index in [-0.39, 0.29) is 0 Å². The van der Waals surface area contributed by atoms with Gasteiger partial charge in [0.2, 0.25) is 0 Å². The number of morpholine rings is 1. The average molecular weight is 254 g/mol. The van der Waals surface area contributed by atoms with E-state index >= 15 is 0 Å². The fourth-order valence-corrected chi connectivity index (χ4v) is 2.54. The maximum atomic E-state index is 6.28. The summed E-state index contributed by atoms with van der Waals surface area (Å²) in [5.74, 6) is 0. The van der Waals surface area contributed by atoms with Crippen molar-refractivity contribution in [3.63, 3.8) is 0 Å². The molecule has 1 saturated heterocycles. The lowest BCUT2D eigenvalue weighted by Crippen LogP contribution is -2.37. The first kappa shape index (κ1) is 12.9. The molecule has 0 aromatic heterocycles. The Morgan fingerprint density at radius 3 is 2.65 bits per heavy atom. The molecule has 1 fully saturated rings. The largest absolute Gasteiger partial charge is 0.379 e. The molecule has 2 nitrogen and oxygen atoms in total.